The molecule has 0 saturated heterocycles. The lowest BCUT2D eigenvalue weighted by Gasteiger charge is -2.30. The number of nitrogens with zero attached hydrogens (tertiary/aromatic N) is 1. The fourth-order valence-corrected chi connectivity index (χ4v) is 10.0. The van der Waals surface area contributed by atoms with Crippen molar-refractivity contribution in [2.75, 3.05) is 14.2 Å². The van der Waals surface area contributed by atoms with E-state index in [0.717, 1.165) is 62.6 Å². The zero-order chi connectivity index (χ0) is 34.6. The van der Waals surface area contributed by atoms with E-state index in [1.807, 2.05) is 54.6 Å². The molecule has 0 amide bonds. The van der Waals surface area contributed by atoms with Crippen LogP contribution < -0.4 is 24.6 Å². The van der Waals surface area contributed by atoms with Crippen LogP contribution in [-0.2, 0) is 4.57 Å². The molecule has 1 aromatic heterocycles. The Morgan fingerprint density at radius 1 is 0.760 bits per heavy atom. The maximum atomic E-state index is 15.6. The van der Waals surface area contributed by atoms with Crippen LogP contribution in [0.5, 0.6) is 17.2 Å². The van der Waals surface area contributed by atoms with Crippen molar-refractivity contribution in [1.82, 2.24) is 4.57 Å². The lowest BCUT2D eigenvalue weighted by Crippen LogP contribution is -2.26. The molecule has 7 aromatic rings. The Hall–Kier alpha value is -5.25. The van der Waals surface area contributed by atoms with Crippen LogP contribution in [0.15, 0.2) is 121 Å². The smallest absolute Gasteiger partial charge is 0.311 e. The van der Waals surface area contributed by atoms with E-state index < -0.39 is 7.37 Å². The largest absolute Gasteiger partial charge is 0.495 e. The molecule has 0 saturated carbocycles. The molecule has 2 atom stereocenters. The average molecular weight is 678 g/mol. The van der Waals surface area contributed by atoms with Crippen LogP contribution >= 0.6 is 7.37 Å². The fourth-order valence-electron chi connectivity index (χ4n) is 7.56. The molecule has 2 unspecified atom stereocenters. The second kappa shape index (κ2) is 12.6. The summed E-state index contributed by atoms with van der Waals surface area (Å²) in [5.41, 5.74) is 9.36. The van der Waals surface area contributed by atoms with Crippen LogP contribution in [0.2, 0.25) is 0 Å². The lowest BCUT2D eigenvalue weighted by molar-refractivity contribution is 0.411. The Morgan fingerprint density at radius 3 is 2.18 bits per heavy atom. The number of hydrogen-bond acceptors (Lipinski definition) is 4. The molecule has 6 aromatic carbocycles. The second-order valence-electron chi connectivity index (χ2n) is 13.2. The zero-order valence-electron chi connectivity index (χ0n) is 29.1. The summed E-state index contributed by atoms with van der Waals surface area (Å²) in [4.78, 5) is 0. The van der Waals surface area contributed by atoms with Crippen LogP contribution in [0, 0.1) is 6.92 Å². The topological polar surface area (TPSA) is 49.7 Å². The number of hydrogen-bond donors (Lipinski definition) is 0. The monoisotopic (exact) mass is 677 g/mol. The fraction of sp³-hybridized carbons (Fsp3) is 0.182. The van der Waals surface area contributed by atoms with Crippen molar-refractivity contribution in [3.63, 3.8) is 0 Å². The van der Waals surface area contributed by atoms with E-state index in [-0.39, 0.29) is 0 Å². The first-order chi connectivity index (χ1) is 24.4. The second-order valence-corrected chi connectivity index (χ2v) is 15.5. The first kappa shape index (κ1) is 32.0. The van der Waals surface area contributed by atoms with E-state index >= 15 is 4.57 Å². The molecule has 0 spiro atoms. The Labute approximate surface area is 293 Å². The number of rotatable bonds is 8. The number of fused-ring (bicyclic) bond motifs is 6. The molecule has 5 nitrogen and oxygen atoms in total. The highest BCUT2D eigenvalue weighted by Crippen LogP contribution is 2.57. The quantitative estimate of drug-likeness (QED) is 0.150. The van der Waals surface area contributed by atoms with Crippen molar-refractivity contribution in [1.29, 1.82) is 0 Å². The lowest BCUT2D eigenvalue weighted by atomic mass is 9.94. The van der Waals surface area contributed by atoms with Gasteiger partial charge in [-0.1, -0.05) is 105 Å². The number of ether oxygens (including phenoxy) is 2. The third kappa shape index (κ3) is 5.03. The van der Waals surface area contributed by atoms with Gasteiger partial charge in [-0.05, 0) is 77.9 Å². The molecule has 1 aliphatic heterocycles. The number of methoxy groups -OCH3 is 2. The Kier molecular flexibility index (Phi) is 8.04. The molecular formula is C44H40NO4P. The third-order valence-electron chi connectivity index (χ3n) is 10.1. The van der Waals surface area contributed by atoms with Crippen molar-refractivity contribution >= 4 is 39.8 Å². The number of benzene rings is 6. The molecule has 0 bridgehead atoms. The summed E-state index contributed by atoms with van der Waals surface area (Å²) >= 11 is 0. The number of aromatic nitrogens is 1. The molecule has 250 valence electrons. The van der Waals surface area contributed by atoms with Gasteiger partial charge in [-0.25, -0.2) is 0 Å². The minimum Gasteiger partial charge on any atom is -0.495 e. The van der Waals surface area contributed by atoms with E-state index in [9.17, 15) is 0 Å². The van der Waals surface area contributed by atoms with Gasteiger partial charge in [0.1, 0.15) is 22.8 Å². The van der Waals surface area contributed by atoms with E-state index in [0.29, 0.717) is 33.8 Å². The minimum atomic E-state index is -3.74. The molecule has 0 N–H and O–H groups in total. The van der Waals surface area contributed by atoms with Crippen LogP contribution in [0.1, 0.15) is 43.7 Å². The summed E-state index contributed by atoms with van der Waals surface area (Å²) in [6.07, 6.45) is 2.32. The van der Waals surface area contributed by atoms with E-state index in [1.54, 1.807) is 14.2 Å². The van der Waals surface area contributed by atoms with Gasteiger partial charge in [-0.15, -0.1) is 0 Å². The molecule has 50 heavy (non-hydrogen) atoms. The first-order valence-corrected chi connectivity index (χ1v) is 18.9. The molecule has 2 heterocycles. The average Bonchev–Trinajstić information content (AvgIpc) is 3.49. The summed E-state index contributed by atoms with van der Waals surface area (Å²) in [6.45, 7) is 6.61. The minimum absolute atomic E-state index is 0.467. The molecular weight excluding hydrogens is 637 g/mol. The SMILES string of the molecule is CCCC(C)c1ccc(-c2ccc3c(c2)c2c(OC)c(P4(=O)Oc5ccccc5-c5ccccc54)cc(OC)c2n3-c2ccc(C)cc2)cc1. The van der Waals surface area contributed by atoms with Crippen molar-refractivity contribution in [2.24, 2.45) is 0 Å². The first-order valence-electron chi connectivity index (χ1n) is 17.3. The highest BCUT2D eigenvalue weighted by atomic mass is 31.2. The van der Waals surface area contributed by atoms with Gasteiger partial charge in [0.2, 0.25) is 0 Å². The molecule has 0 radical (unpaired) electrons. The third-order valence-corrected chi connectivity index (χ3v) is 12.6. The highest BCUT2D eigenvalue weighted by Gasteiger charge is 2.42. The highest BCUT2D eigenvalue weighted by molar-refractivity contribution is 7.75. The summed E-state index contributed by atoms with van der Waals surface area (Å²) in [7, 11) is -0.428. The van der Waals surface area contributed by atoms with Crippen molar-refractivity contribution in [2.45, 2.75) is 39.5 Å². The van der Waals surface area contributed by atoms with Gasteiger partial charge in [0.15, 0.2) is 0 Å². The Morgan fingerprint density at radius 2 is 1.46 bits per heavy atom. The van der Waals surface area contributed by atoms with Gasteiger partial charge in [-0.3, -0.25) is 4.57 Å². The van der Waals surface area contributed by atoms with E-state index in [2.05, 4.69) is 92.1 Å². The standard InChI is InChI=1S/C44H40NO4P/c1-6-11-29(3)30-18-20-31(21-19-30)32-22-25-37-36(26-32)42-43(45(37)33-23-16-28(2)17-24-33)39(47-4)27-41(44(42)48-5)50(46)40-15-10-8-13-35(40)34-12-7-9-14-38(34)49-50/h7-10,12-27,29H,6,11H2,1-5H3. The zero-order valence-corrected chi connectivity index (χ0v) is 30.0. The molecule has 0 aliphatic carbocycles. The van der Waals surface area contributed by atoms with Crippen molar-refractivity contribution in [3.8, 4) is 45.2 Å². The van der Waals surface area contributed by atoms with Gasteiger partial charge in [-0.2, -0.15) is 0 Å². The predicted octanol–water partition coefficient (Wildman–Crippen LogP) is 11.0. The Balaban J connectivity index is 1.43. The molecule has 1 aliphatic rings. The van der Waals surface area contributed by atoms with Gasteiger partial charge in [0.25, 0.3) is 0 Å². The number of aryl methyl sites for hydroxylation is 1. The maximum Gasteiger partial charge on any atom is 0.311 e. The molecule has 0 fully saturated rings. The summed E-state index contributed by atoms with van der Waals surface area (Å²) < 4.78 is 37.0. The van der Waals surface area contributed by atoms with Gasteiger partial charge < -0.3 is 18.6 Å². The van der Waals surface area contributed by atoms with Gasteiger partial charge in [0, 0.05) is 22.7 Å². The molecule has 8 rings (SSSR count). The number of para-hydroxylation sites is 1. The Bertz CT molecular complexity index is 2440. The van der Waals surface area contributed by atoms with Crippen molar-refractivity contribution in [3.05, 3.63) is 132 Å². The summed E-state index contributed by atoms with van der Waals surface area (Å²) in [5, 5.41) is 2.89. The van der Waals surface area contributed by atoms with Crippen molar-refractivity contribution < 1.29 is 18.6 Å². The van der Waals surface area contributed by atoms with E-state index in [4.69, 9.17) is 14.0 Å². The summed E-state index contributed by atoms with van der Waals surface area (Å²) in [5.74, 6) is 2.19. The van der Waals surface area contributed by atoms with Gasteiger partial charge in [0.05, 0.1) is 35.7 Å². The normalized spacial score (nSPS) is 15.7. The summed E-state index contributed by atoms with van der Waals surface area (Å²) in [6, 6.07) is 41.4. The van der Waals surface area contributed by atoms with Crippen LogP contribution in [-0.4, -0.2) is 18.8 Å². The van der Waals surface area contributed by atoms with Crippen LogP contribution in [0.3, 0.4) is 0 Å². The molecule has 6 heteroatoms. The van der Waals surface area contributed by atoms with Crippen LogP contribution in [0.4, 0.5) is 0 Å². The van der Waals surface area contributed by atoms with Gasteiger partial charge >= 0.3 is 7.37 Å². The van der Waals surface area contributed by atoms with E-state index in [1.165, 1.54) is 11.1 Å². The maximum absolute atomic E-state index is 15.6. The predicted molar refractivity (Wildman–Crippen MR) is 207 cm³/mol. The van der Waals surface area contributed by atoms with Crippen LogP contribution in [0.25, 0.3) is 49.7 Å².